The van der Waals surface area contributed by atoms with Crippen molar-refractivity contribution in [1.29, 1.82) is 0 Å². The number of carboxylic acids is 1. The van der Waals surface area contributed by atoms with E-state index in [1.807, 2.05) is 24.8 Å². The fourth-order valence-corrected chi connectivity index (χ4v) is 7.08. The number of para-hydroxylation sites is 1. The molecule has 4 N–H and O–H groups in total. The van der Waals surface area contributed by atoms with Gasteiger partial charge in [0.2, 0.25) is 11.3 Å². The summed E-state index contributed by atoms with van der Waals surface area (Å²) < 4.78 is 48.6. The number of Topliss-reactive ketones (excluding diaryl/α,β-unsaturated/α-hetero) is 1. The number of aliphatic hydroxyl groups excluding tert-OH is 1. The second kappa shape index (κ2) is 12.8. The van der Waals surface area contributed by atoms with Crippen LogP contribution in [0.2, 0.25) is 0 Å². The van der Waals surface area contributed by atoms with E-state index in [1.165, 1.54) is 12.1 Å². The second-order valence-corrected chi connectivity index (χ2v) is 15.3. The summed E-state index contributed by atoms with van der Waals surface area (Å²) in [4.78, 5) is 44.6. The van der Waals surface area contributed by atoms with Crippen LogP contribution in [0.1, 0.15) is 50.7 Å². The molecule has 2 aromatic carbocycles. The number of nitrogens with zero attached hydrogens (tertiary/aromatic N) is 2. The minimum absolute atomic E-state index is 0.0317. The average Bonchev–Trinajstić information content (AvgIpc) is 3.21. The van der Waals surface area contributed by atoms with E-state index >= 15 is 0 Å². The highest BCUT2D eigenvalue weighted by atomic mass is 32.2. The molecule has 0 fully saturated rings. The first-order valence-electron chi connectivity index (χ1n) is 15.0. The van der Waals surface area contributed by atoms with Gasteiger partial charge in [0.1, 0.15) is 22.0 Å². The van der Waals surface area contributed by atoms with Gasteiger partial charge in [0.05, 0.1) is 21.4 Å². The zero-order chi connectivity index (χ0) is 34.3. The van der Waals surface area contributed by atoms with E-state index in [9.17, 15) is 42.0 Å². The molecule has 47 heavy (non-hydrogen) atoms. The summed E-state index contributed by atoms with van der Waals surface area (Å²) in [5, 5.41) is 20.8. The lowest BCUT2D eigenvalue weighted by Gasteiger charge is -2.29. The van der Waals surface area contributed by atoms with Gasteiger partial charge in [0.25, 0.3) is 0 Å². The van der Waals surface area contributed by atoms with Gasteiger partial charge in [-0.15, -0.1) is 0 Å². The van der Waals surface area contributed by atoms with E-state index in [-0.39, 0.29) is 40.9 Å². The number of aliphatic hydroxyl groups is 1. The molecule has 0 spiro atoms. The van der Waals surface area contributed by atoms with Crippen LogP contribution in [-0.2, 0) is 36.2 Å². The maximum absolute atomic E-state index is 13.5. The maximum Gasteiger partial charge on any atom is 0.331 e. The van der Waals surface area contributed by atoms with Crippen LogP contribution >= 0.6 is 7.60 Å². The fourth-order valence-electron chi connectivity index (χ4n) is 6.10. The lowest BCUT2D eigenvalue weighted by molar-refractivity contribution is -0.667. The summed E-state index contributed by atoms with van der Waals surface area (Å²) in [5.74, 6) is -1.52. The third-order valence-corrected chi connectivity index (χ3v) is 10.2. The number of anilines is 1. The number of allylic oxidation sites excluding steroid dienone is 4. The molecule has 12 nitrogen and oxygen atoms in total. The Morgan fingerprint density at radius 3 is 2.45 bits per heavy atom. The van der Waals surface area contributed by atoms with Crippen molar-refractivity contribution in [2.45, 2.75) is 56.4 Å². The molecule has 0 bridgehead atoms. The molecule has 0 atom stereocenters. The first-order chi connectivity index (χ1) is 22.0. The lowest BCUT2D eigenvalue weighted by atomic mass is 9.80. The number of hydrogen-bond acceptors (Lipinski definition) is 8. The Morgan fingerprint density at radius 1 is 1.06 bits per heavy atom. The summed E-state index contributed by atoms with van der Waals surface area (Å²) in [6.07, 6.45) is 6.19. The van der Waals surface area contributed by atoms with Crippen molar-refractivity contribution in [3.8, 4) is 0 Å². The number of pyridine rings is 1. The van der Waals surface area contributed by atoms with Crippen LogP contribution in [0, 0.1) is 0 Å². The molecule has 5 rings (SSSR count). The molecule has 0 unspecified atom stereocenters. The molecule has 0 saturated carbocycles. The van der Waals surface area contributed by atoms with Gasteiger partial charge in [-0.1, -0.05) is 32.4 Å². The number of aliphatic carboxylic acids is 1. The Morgan fingerprint density at radius 2 is 1.79 bits per heavy atom. The summed E-state index contributed by atoms with van der Waals surface area (Å²) in [6, 6.07) is 13.0. The SMILES string of the molecule is CC1(C)/C(=C/C2=C(O)C(=C\c3cc[n+](CCP(=O)(O)O)c4ccccc34)/C2=O)N(CCCCCC(=O)O)c2ccc(S(=O)(=O)[O-])cc21. The minimum Gasteiger partial charge on any atom is -0.744 e. The molecular weight excluding hydrogens is 647 g/mol. The summed E-state index contributed by atoms with van der Waals surface area (Å²) in [5.41, 5.74) is 2.43. The molecule has 0 amide bonds. The van der Waals surface area contributed by atoms with Gasteiger partial charge < -0.3 is 29.5 Å². The third-order valence-electron chi connectivity index (χ3n) is 8.60. The van der Waals surface area contributed by atoms with Crippen molar-refractivity contribution in [3.05, 3.63) is 94.5 Å². The lowest BCUT2D eigenvalue weighted by Crippen LogP contribution is -2.36. The number of ketones is 1. The number of aromatic nitrogens is 1. The number of aryl methyl sites for hydroxylation is 1. The molecule has 3 aromatic rings. The molecule has 14 heteroatoms. The Kier molecular flexibility index (Phi) is 9.33. The largest absolute Gasteiger partial charge is 0.744 e. The van der Waals surface area contributed by atoms with Crippen LogP contribution in [0.25, 0.3) is 17.0 Å². The number of fused-ring (bicyclic) bond motifs is 2. The number of unbranched alkanes of at least 4 members (excludes halogenated alkanes) is 2. The number of hydrogen-bond donors (Lipinski definition) is 4. The van der Waals surface area contributed by atoms with Crippen LogP contribution < -0.4 is 9.47 Å². The molecule has 248 valence electrons. The Bertz CT molecular complexity index is 2040. The summed E-state index contributed by atoms with van der Waals surface area (Å²) >= 11 is 0. The highest BCUT2D eigenvalue weighted by Crippen LogP contribution is 2.50. The number of carboxylic acid groups (broad SMARTS) is 1. The van der Waals surface area contributed by atoms with Crippen LogP contribution in [0.4, 0.5) is 5.69 Å². The molecule has 2 heterocycles. The van der Waals surface area contributed by atoms with Gasteiger partial charge in [-0.2, -0.15) is 4.57 Å². The predicted molar refractivity (Wildman–Crippen MR) is 173 cm³/mol. The van der Waals surface area contributed by atoms with Crippen molar-refractivity contribution >= 4 is 52.1 Å². The zero-order valence-electron chi connectivity index (χ0n) is 25.8. The molecule has 1 aliphatic carbocycles. The molecule has 0 saturated heterocycles. The first kappa shape index (κ1) is 34.2. The van der Waals surface area contributed by atoms with Crippen LogP contribution in [0.15, 0.2) is 88.3 Å². The smallest absolute Gasteiger partial charge is 0.331 e. The van der Waals surface area contributed by atoms with Gasteiger partial charge >= 0.3 is 13.6 Å². The Labute approximate surface area is 271 Å². The second-order valence-electron chi connectivity index (χ2n) is 12.2. The molecule has 2 aliphatic rings. The highest BCUT2D eigenvalue weighted by molar-refractivity contribution is 7.85. The average molecular weight is 683 g/mol. The van der Waals surface area contributed by atoms with E-state index in [1.54, 1.807) is 53.2 Å². The summed E-state index contributed by atoms with van der Waals surface area (Å²) in [6.45, 7) is 4.17. The van der Waals surface area contributed by atoms with Crippen molar-refractivity contribution in [2.75, 3.05) is 17.6 Å². The van der Waals surface area contributed by atoms with Crippen LogP contribution in [-0.4, -0.2) is 57.4 Å². The van der Waals surface area contributed by atoms with E-state index in [0.717, 1.165) is 0 Å². The van der Waals surface area contributed by atoms with Crippen LogP contribution in [0.5, 0.6) is 0 Å². The maximum atomic E-state index is 13.5. The van der Waals surface area contributed by atoms with Crippen molar-refractivity contribution in [3.63, 3.8) is 0 Å². The van der Waals surface area contributed by atoms with Crippen molar-refractivity contribution in [1.82, 2.24) is 0 Å². The molecule has 1 aliphatic heterocycles. The fraction of sp³-hybridized carbons (Fsp3) is 0.303. The quantitative estimate of drug-likeness (QED) is 0.0698. The van der Waals surface area contributed by atoms with E-state index < -0.39 is 34.9 Å². The van der Waals surface area contributed by atoms with Gasteiger partial charge in [0, 0.05) is 41.9 Å². The van der Waals surface area contributed by atoms with Crippen LogP contribution in [0.3, 0.4) is 0 Å². The van der Waals surface area contributed by atoms with Gasteiger partial charge in [-0.05, 0) is 60.4 Å². The molecular formula is C33H35N2O10PS. The topological polar surface area (TPSA) is 196 Å². The Hall–Kier alpha value is -4.13. The number of carbonyl (C=O) groups is 2. The number of rotatable bonds is 12. The van der Waals surface area contributed by atoms with Crippen molar-refractivity contribution < 1.29 is 51.7 Å². The normalized spacial score (nSPS) is 17.9. The Balaban J connectivity index is 1.51. The van der Waals surface area contributed by atoms with E-state index in [2.05, 4.69) is 0 Å². The monoisotopic (exact) mass is 682 g/mol. The minimum atomic E-state index is -4.73. The first-order valence-corrected chi connectivity index (χ1v) is 18.2. The predicted octanol–water partition coefficient (Wildman–Crippen LogP) is 4.31. The van der Waals surface area contributed by atoms with Crippen molar-refractivity contribution in [2.24, 2.45) is 0 Å². The summed E-state index contributed by atoms with van der Waals surface area (Å²) in [7, 11) is -8.95. The zero-order valence-corrected chi connectivity index (χ0v) is 27.5. The van der Waals surface area contributed by atoms with Gasteiger partial charge in [-0.3, -0.25) is 14.2 Å². The molecule has 1 aromatic heterocycles. The van der Waals surface area contributed by atoms with Gasteiger partial charge in [-0.25, -0.2) is 8.42 Å². The van der Waals surface area contributed by atoms with E-state index in [4.69, 9.17) is 5.11 Å². The van der Waals surface area contributed by atoms with E-state index in [0.29, 0.717) is 59.2 Å². The highest BCUT2D eigenvalue weighted by Gasteiger charge is 2.42. The standard InChI is InChI=1S/C33H35N2O10PS/c1-33(2)26-19-22(47(43,44)45)11-12-28(26)35(14-7-3-4-10-30(36)37)29(33)20-25-31(38)24(32(25)39)18-21-13-15-34(16-17-46(40,41)42)27-9-6-5-8-23(21)27/h5-6,8-9,11-13,15,18-20H,3-4,7,10,14,16-17H2,1-2H3,(H4-,36,37,38,39,40,41,42,43,44,45). The number of carbonyl (C=O) groups excluding carboxylic acids is 1. The third kappa shape index (κ3) is 7.09. The number of benzene rings is 2. The molecule has 0 radical (unpaired) electrons. The van der Waals surface area contributed by atoms with Gasteiger partial charge in [0.15, 0.2) is 12.7 Å².